The van der Waals surface area contributed by atoms with E-state index in [9.17, 15) is 13.2 Å². The topological polar surface area (TPSA) is 63.2 Å². The lowest BCUT2D eigenvalue weighted by Gasteiger charge is -2.32. The molecule has 1 saturated carbocycles. The molecule has 1 aliphatic carbocycles. The number of nitrogens with one attached hydrogen (secondary N) is 1. The van der Waals surface area contributed by atoms with Crippen molar-refractivity contribution in [2.45, 2.75) is 35.3 Å². The molecule has 0 aromatic heterocycles. The molecule has 0 radical (unpaired) electrons. The number of hydrogen-bond donors (Lipinski definition) is 1. The standard InChI is InChI=1S/C12H13NO3S/c14-11-12(7-3-4-8-12)17(15,16)10-6-2-1-5-9(10)13-11/h1-2,5-6H,3-4,7-8H2,(H,13,14). The van der Waals surface area contributed by atoms with E-state index in [-0.39, 0.29) is 10.8 Å². The number of carbonyl (C=O) groups is 1. The summed E-state index contributed by atoms with van der Waals surface area (Å²) in [6.07, 6.45) is 2.48. The van der Waals surface area contributed by atoms with Crippen molar-refractivity contribution in [3.8, 4) is 0 Å². The lowest BCUT2D eigenvalue weighted by molar-refractivity contribution is -0.118. The number of carbonyl (C=O) groups excluding carboxylic acids is 1. The van der Waals surface area contributed by atoms with Crippen LogP contribution in [-0.2, 0) is 14.6 Å². The monoisotopic (exact) mass is 251 g/mol. The molecule has 1 N–H and O–H groups in total. The highest BCUT2D eigenvalue weighted by molar-refractivity contribution is 7.94. The van der Waals surface area contributed by atoms with Gasteiger partial charge in [-0.3, -0.25) is 4.79 Å². The fourth-order valence-electron chi connectivity index (χ4n) is 2.81. The first kappa shape index (κ1) is 10.8. The van der Waals surface area contributed by atoms with Crippen LogP contribution in [0.2, 0.25) is 0 Å². The minimum absolute atomic E-state index is 0.265. The number of anilines is 1. The number of benzene rings is 1. The van der Waals surface area contributed by atoms with Crippen molar-refractivity contribution >= 4 is 21.4 Å². The Hall–Kier alpha value is -1.36. The zero-order valence-electron chi connectivity index (χ0n) is 9.27. The van der Waals surface area contributed by atoms with Crippen LogP contribution in [0.1, 0.15) is 25.7 Å². The molecule has 1 aromatic rings. The van der Waals surface area contributed by atoms with Gasteiger partial charge in [0, 0.05) is 0 Å². The van der Waals surface area contributed by atoms with E-state index in [0.29, 0.717) is 18.5 Å². The molecule has 4 nitrogen and oxygen atoms in total. The van der Waals surface area contributed by atoms with Gasteiger partial charge in [-0.2, -0.15) is 0 Å². The van der Waals surface area contributed by atoms with Crippen LogP contribution in [-0.4, -0.2) is 19.1 Å². The Bertz CT molecular complexity index is 586. The number of hydrogen-bond acceptors (Lipinski definition) is 3. The first-order valence-corrected chi connectivity index (χ1v) is 7.21. The van der Waals surface area contributed by atoms with Crippen LogP contribution in [0.25, 0.3) is 0 Å². The van der Waals surface area contributed by atoms with Crippen LogP contribution < -0.4 is 5.32 Å². The summed E-state index contributed by atoms with van der Waals surface area (Å²) in [4.78, 5) is 12.4. The number of amides is 1. The molecule has 0 bridgehead atoms. The zero-order valence-corrected chi connectivity index (χ0v) is 10.1. The second kappa shape index (κ2) is 3.32. The second-order valence-corrected chi connectivity index (χ2v) is 6.88. The van der Waals surface area contributed by atoms with Crippen LogP contribution >= 0.6 is 0 Å². The Morgan fingerprint density at radius 2 is 1.76 bits per heavy atom. The quantitative estimate of drug-likeness (QED) is 0.763. The largest absolute Gasteiger partial charge is 0.324 e. The molecule has 90 valence electrons. The van der Waals surface area contributed by atoms with E-state index in [1.165, 1.54) is 0 Å². The van der Waals surface area contributed by atoms with Gasteiger partial charge in [0.25, 0.3) is 0 Å². The Balaban J connectivity index is 2.28. The molecule has 1 spiro atoms. The molecule has 17 heavy (non-hydrogen) atoms. The zero-order chi connectivity index (χ0) is 12.1. The van der Waals surface area contributed by atoms with Crippen molar-refractivity contribution in [2.75, 3.05) is 5.32 Å². The van der Waals surface area contributed by atoms with E-state index >= 15 is 0 Å². The molecule has 3 rings (SSSR count). The minimum atomic E-state index is -3.54. The maximum atomic E-state index is 12.6. The second-order valence-electron chi connectivity index (χ2n) is 4.66. The van der Waals surface area contributed by atoms with Crippen LogP contribution in [0, 0.1) is 0 Å². The summed E-state index contributed by atoms with van der Waals surface area (Å²) in [6.45, 7) is 0. The van der Waals surface area contributed by atoms with Crippen LogP contribution in [0.4, 0.5) is 5.69 Å². The van der Waals surface area contributed by atoms with Crippen molar-refractivity contribution in [3.63, 3.8) is 0 Å². The van der Waals surface area contributed by atoms with Gasteiger partial charge in [0.15, 0.2) is 14.6 Å². The Morgan fingerprint density at radius 1 is 1.12 bits per heavy atom. The molecule has 1 aromatic carbocycles. The Morgan fingerprint density at radius 3 is 2.47 bits per heavy atom. The molecule has 1 heterocycles. The smallest absolute Gasteiger partial charge is 0.246 e. The van der Waals surface area contributed by atoms with Gasteiger partial charge in [-0.15, -0.1) is 0 Å². The summed E-state index contributed by atoms with van der Waals surface area (Å²) < 4.78 is 23.9. The molecular formula is C12H13NO3S. The SMILES string of the molecule is O=C1Nc2ccccc2S(=O)(=O)C12CCCC2. The summed E-state index contributed by atoms with van der Waals surface area (Å²) in [5.41, 5.74) is 0.412. The molecular weight excluding hydrogens is 238 g/mol. The van der Waals surface area contributed by atoms with E-state index in [1.54, 1.807) is 24.3 Å². The number of fused-ring (bicyclic) bond motifs is 1. The van der Waals surface area contributed by atoms with E-state index in [4.69, 9.17) is 0 Å². The molecule has 1 aliphatic heterocycles. The van der Waals surface area contributed by atoms with Crippen LogP contribution in [0.5, 0.6) is 0 Å². The first-order chi connectivity index (χ1) is 8.08. The predicted molar refractivity (Wildman–Crippen MR) is 63.5 cm³/mol. The fraction of sp³-hybridized carbons (Fsp3) is 0.417. The Labute approximate surface area is 99.9 Å². The normalized spacial score (nSPS) is 24.4. The molecule has 0 unspecified atom stereocenters. The average Bonchev–Trinajstić information content (AvgIpc) is 2.78. The third kappa shape index (κ3) is 1.23. The predicted octanol–water partition coefficient (Wildman–Crippen LogP) is 1.73. The average molecular weight is 251 g/mol. The van der Waals surface area contributed by atoms with Gasteiger partial charge in [0.1, 0.15) is 0 Å². The number of para-hydroxylation sites is 1. The van der Waals surface area contributed by atoms with E-state index in [2.05, 4.69) is 5.32 Å². The molecule has 2 aliphatic rings. The van der Waals surface area contributed by atoms with Gasteiger partial charge in [0.05, 0.1) is 10.6 Å². The van der Waals surface area contributed by atoms with Gasteiger partial charge in [-0.25, -0.2) is 8.42 Å². The number of sulfone groups is 1. The van der Waals surface area contributed by atoms with Gasteiger partial charge >= 0.3 is 0 Å². The van der Waals surface area contributed by atoms with Crippen LogP contribution in [0.3, 0.4) is 0 Å². The lowest BCUT2D eigenvalue weighted by atomic mass is 10.1. The number of rotatable bonds is 0. The van der Waals surface area contributed by atoms with E-state index in [1.807, 2.05) is 0 Å². The van der Waals surface area contributed by atoms with Crippen LogP contribution in [0.15, 0.2) is 29.2 Å². The fourth-order valence-corrected chi connectivity index (χ4v) is 5.02. The summed E-state index contributed by atoms with van der Waals surface area (Å²) in [7, 11) is -3.54. The highest BCUT2D eigenvalue weighted by Crippen LogP contribution is 2.45. The van der Waals surface area contributed by atoms with E-state index in [0.717, 1.165) is 12.8 Å². The summed E-state index contributed by atoms with van der Waals surface area (Å²) >= 11 is 0. The molecule has 0 saturated heterocycles. The maximum Gasteiger partial charge on any atom is 0.246 e. The molecule has 0 atom stereocenters. The molecule has 5 heteroatoms. The summed E-state index contributed by atoms with van der Waals surface area (Å²) in [6, 6.07) is 6.62. The third-order valence-electron chi connectivity index (χ3n) is 3.76. The third-order valence-corrected chi connectivity index (χ3v) is 6.32. The molecule has 1 amide bonds. The van der Waals surface area contributed by atoms with Gasteiger partial charge in [0.2, 0.25) is 5.91 Å². The van der Waals surface area contributed by atoms with E-state index < -0.39 is 14.6 Å². The van der Waals surface area contributed by atoms with Crippen molar-refractivity contribution < 1.29 is 13.2 Å². The summed E-state index contributed by atoms with van der Waals surface area (Å²) in [5, 5.41) is 2.73. The first-order valence-electron chi connectivity index (χ1n) is 5.73. The molecule has 1 fully saturated rings. The Kier molecular flexibility index (Phi) is 2.10. The lowest BCUT2D eigenvalue weighted by Crippen LogP contribution is -2.50. The van der Waals surface area contributed by atoms with Crippen molar-refractivity contribution in [1.82, 2.24) is 0 Å². The highest BCUT2D eigenvalue weighted by Gasteiger charge is 2.55. The van der Waals surface area contributed by atoms with Crippen molar-refractivity contribution in [2.24, 2.45) is 0 Å². The maximum absolute atomic E-state index is 12.6. The van der Waals surface area contributed by atoms with Gasteiger partial charge in [-0.1, -0.05) is 25.0 Å². The van der Waals surface area contributed by atoms with Gasteiger partial charge in [-0.05, 0) is 25.0 Å². The van der Waals surface area contributed by atoms with Crippen molar-refractivity contribution in [1.29, 1.82) is 0 Å². The van der Waals surface area contributed by atoms with Crippen molar-refractivity contribution in [3.05, 3.63) is 24.3 Å². The van der Waals surface area contributed by atoms with Gasteiger partial charge < -0.3 is 5.32 Å². The highest BCUT2D eigenvalue weighted by atomic mass is 32.2. The summed E-state index contributed by atoms with van der Waals surface area (Å²) in [5.74, 6) is -0.353. The minimum Gasteiger partial charge on any atom is -0.324 e.